The minimum atomic E-state index is -0.455. The van der Waals surface area contributed by atoms with Crippen LogP contribution in [-0.4, -0.2) is 42.8 Å². The molecule has 3 aromatic heterocycles. The SMILES string of the molecule is CC(=O)c1ccc2nc(CN3CCC(c4cccc(OCc5ccc(C#N)cc5F)n4)C4CC43)n(Cc3cncs3)c2c1. The lowest BCUT2D eigenvalue weighted by atomic mass is 9.92. The average Bonchev–Trinajstić information content (AvgIpc) is 3.53. The van der Waals surface area contributed by atoms with Crippen LogP contribution in [0, 0.1) is 23.1 Å². The van der Waals surface area contributed by atoms with Crippen molar-refractivity contribution in [2.75, 3.05) is 6.54 Å². The highest BCUT2D eigenvalue weighted by molar-refractivity contribution is 7.09. The maximum atomic E-state index is 14.3. The number of carbonyl (C=O) groups is 1. The first kappa shape index (κ1) is 27.4. The smallest absolute Gasteiger partial charge is 0.213 e. The molecule has 1 aliphatic heterocycles. The summed E-state index contributed by atoms with van der Waals surface area (Å²) in [4.78, 5) is 29.9. The Labute approximate surface area is 252 Å². The topological polar surface area (TPSA) is 96.9 Å². The molecule has 0 amide bonds. The van der Waals surface area contributed by atoms with Crippen LogP contribution in [0.2, 0.25) is 0 Å². The lowest BCUT2D eigenvalue weighted by Gasteiger charge is -2.31. The summed E-state index contributed by atoms with van der Waals surface area (Å²) in [6.07, 6.45) is 3.98. The van der Waals surface area contributed by atoms with Crippen molar-refractivity contribution >= 4 is 28.2 Å². The van der Waals surface area contributed by atoms with Gasteiger partial charge < -0.3 is 9.30 Å². The van der Waals surface area contributed by atoms with E-state index in [1.54, 1.807) is 36.5 Å². The lowest BCUT2D eigenvalue weighted by Crippen LogP contribution is -2.35. The highest BCUT2D eigenvalue weighted by Crippen LogP contribution is 2.51. The number of hydrogen-bond acceptors (Lipinski definition) is 8. The number of benzene rings is 2. The molecule has 216 valence electrons. The molecule has 1 aliphatic carbocycles. The third-order valence-electron chi connectivity index (χ3n) is 8.58. The number of nitriles is 1. The number of aromatic nitrogens is 4. The summed E-state index contributed by atoms with van der Waals surface area (Å²) in [5.74, 6) is 1.91. The number of ether oxygens (including phenoxy) is 1. The molecule has 2 fully saturated rings. The van der Waals surface area contributed by atoms with E-state index in [0.29, 0.717) is 41.4 Å². The summed E-state index contributed by atoms with van der Waals surface area (Å²) in [6.45, 7) is 3.98. The largest absolute Gasteiger partial charge is 0.473 e. The Balaban J connectivity index is 1.06. The van der Waals surface area contributed by atoms with Crippen LogP contribution in [-0.2, 0) is 19.7 Å². The number of thiazole rings is 1. The van der Waals surface area contributed by atoms with Gasteiger partial charge in [0.05, 0.1) is 41.3 Å². The molecule has 2 aromatic carbocycles. The van der Waals surface area contributed by atoms with Crippen LogP contribution in [0.3, 0.4) is 0 Å². The van der Waals surface area contributed by atoms with Crippen molar-refractivity contribution in [3.8, 4) is 11.9 Å². The van der Waals surface area contributed by atoms with Gasteiger partial charge in [0.1, 0.15) is 18.2 Å². The molecule has 4 heterocycles. The average molecular weight is 593 g/mol. The van der Waals surface area contributed by atoms with Gasteiger partial charge in [-0.15, -0.1) is 11.3 Å². The molecule has 0 spiro atoms. The molecule has 8 nitrogen and oxygen atoms in total. The minimum Gasteiger partial charge on any atom is -0.473 e. The van der Waals surface area contributed by atoms with Gasteiger partial charge in [0, 0.05) is 45.9 Å². The molecule has 0 radical (unpaired) electrons. The normalized spacial score (nSPS) is 19.6. The Hall–Kier alpha value is -4.46. The fourth-order valence-corrected chi connectivity index (χ4v) is 6.83. The van der Waals surface area contributed by atoms with Gasteiger partial charge >= 0.3 is 0 Å². The Bertz CT molecular complexity index is 1860. The van der Waals surface area contributed by atoms with Crippen LogP contribution in [0.4, 0.5) is 4.39 Å². The van der Waals surface area contributed by atoms with Crippen molar-refractivity contribution in [2.24, 2.45) is 5.92 Å². The van der Waals surface area contributed by atoms with Crippen LogP contribution in [0.1, 0.15) is 63.6 Å². The number of nitrogens with zero attached hydrogens (tertiary/aromatic N) is 6. The van der Waals surface area contributed by atoms with Crippen LogP contribution >= 0.6 is 11.3 Å². The molecule has 0 N–H and O–H groups in total. The van der Waals surface area contributed by atoms with Gasteiger partial charge in [-0.3, -0.25) is 14.7 Å². The number of hydrogen-bond donors (Lipinski definition) is 0. The molecule has 2 aliphatic rings. The fourth-order valence-electron chi connectivity index (χ4n) is 6.25. The summed E-state index contributed by atoms with van der Waals surface area (Å²) >= 11 is 1.62. The van der Waals surface area contributed by atoms with Crippen molar-refractivity contribution in [2.45, 2.75) is 51.4 Å². The first-order chi connectivity index (χ1) is 21.0. The molecule has 0 bridgehead atoms. The second-order valence-corrected chi connectivity index (χ2v) is 12.3. The number of imidazole rings is 1. The zero-order chi connectivity index (χ0) is 29.5. The second-order valence-electron chi connectivity index (χ2n) is 11.3. The lowest BCUT2D eigenvalue weighted by molar-refractivity contribution is 0.101. The molecule has 1 saturated carbocycles. The molecular formula is C33H29FN6O2S. The number of ketones is 1. The van der Waals surface area contributed by atoms with Crippen molar-refractivity contribution in [1.29, 1.82) is 5.26 Å². The molecule has 7 rings (SSSR count). The monoisotopic (exact) mass is 592 g/mol. The van der Waals surface area contributed by atoms with Gasteiger partial charge in [0.2, 0.25) is 5.88 Å². The van der Waals surface area contributed by atoms with Crippen molar-refractivity contribution in [1.82, 2.24) is 24.4 Å². The summed E-state index contributed by atoms with van der Waals surface area (Å²) < 4.78 is 22.4. The van der Waals surface area contributed by atoms with E-state index in [9.17, 15) is 9.18 Å². The van der Waals surface area contributed by atoms with Crippen LogP contribution in [0.15, 0.2) is 66.3 Å². The summed E-state index contributed by atoms with van der Waals surface area (Å²) in [7, 11) is 0. The summed E-state index contributed by atoms with van der Waals surface area (Å²) in [6, 6.07) is 18.4. The number of Topliss-reactive ketones (excluding diaryl/α,β-unsaturated/α-hetero) is 1. The van der Waals surface area contributed by atoms with E-state index in [4.69, 9.17) is 20.0 Å². The van der Waals surface area contributed by atoms with Gasteiger partial charge in [-0.05, 0) is 68.6 Å². The molecule has 43 heavy (non-hydrogen) atoms. The Morgan fingerprint density at radius 2 is 2.07 bits per heavy atom. The van der Waals surface area contributed by atoms with Crippen LogP contribution < -0.4 is 4.74 Å². The van der Waals surface area contributed by atoms with E-state index >= 15 is 0 Å². The number of pyridine rings is 1. The Kier molecular flexibility index (Phi) is 7.21. The number of fused-ring (bicyclic) bond motifs is 2. The summed E-state index contributed by atoms with van der Waals surface area (Å²) in [5.41, 5.74) is 6.08. The predicted molar refractivity (Wildman–Crippen MR) is 160 cm³/mol. The predicted octanol–water partition coefficient (Wildman–Crippen LogP) is 6.11. The number of carbonyl (C=O) groups excluding carboxylic acids is 1. The van der Waals surface area contributed by atoms with Gasteiger partial charge in [0.25, 0.3) is 0 Å². The van der Waals surface area contributed by atoms with E-state index in [2.05, 4.69) is 20.5 Å². The molecule has 3 atom stereocenters. The fraction of sp³-hybridized carbons (Fsp3) is 0.303. The minimum absolute atomic E-state index is 0.0429. The van der Waals surface area contributed by atoms with E-state index in [1.165, 1.54) is 6.07 Å². The number of piperidine rings is 1. The molecule has 1 saturated heterocycles. The van der Waals surface area contributed by atoms with Crippen molar-refractivity contribution < 1.29 is 13.9 Å². The molecular weight excluding hydrogens is 563 g/mol. The van der Waals surface area contributed by atoms with Crippen molar-refractivity contribution in [3.05, 3.63) is 105 Å². The van der Waals surface area contributed by atoms with E-state index in [1.807, 2.05) is 42.0 Å². The standard InChI is InChI=1S/C33H29FN6O2S/c1-20(41)22-7-8-29-31(12-22)40(16-24-15-36-19-43-24)32(37-29)17-39-10-9-25(26-13-30(26)39)28-3-2-4-33(38-28)42-18-23-6-5-21(14-35)11-27(23)34/h2-8,11-12,15,19,25-26,30H,9-10,13,16-18H2,1H3. The Morgan fingerprint density at radius 1 is 1.16 bits per heavy atom. The number of halogens is 1. The quantitative estimate of drug-likeness (QED) is 0.191. The van der Waals surface area contributed by atoms with Gasteiger partial charge in [-0.25, -0.2) is 14.4 Å². The highest BCUT2D eigenvalue weighted by atomic mass is 32.1. The highest BCUT2D eigenvalue weighted by Gasteiger charge is 2.50. The first-order valence-electron chi connectivity index (χ1n) is 14.4. The summed E-state index contributed by atoms with van der Waals surface area (Å²) in [5, 5.41) is 8.97. The number of likely N-dealkylation sites (tertiary alicyclic amines) is 1. The number of rotatable bonds is 9. The zero-order valence-electron chi connectivity index (χ0n) is 23.6. The molecule has 5 aromatic rings. The van der Waals surface area contributed by atoms with Gasteiger partial charge in [-0.2, -0.15) is 5.26 Å². The third kappa shape index (κ3) is 5.54. The molecule has 10 heteroatoms. The van der Waals surface area contributed by atoms with E-state index < -0.39 is 5.82 Å². The Morgan fingerprint density at radius 3 is 2.86 bits per heavy atom. The molecule has 3 unspecified atom stereocenters. The van der Waals surface area contributed by atoms with E-state index in [0.717, 1.165) is 53.4 Å². The van der Waals surface area contributed by atoms with E-state index in [-0.39, 0.29) is 18.0 Å². The maximum absolute atomic E-state index is 14.3. The third-order valence-corrected chi connectivity index (χ3v) is 9.34. The van der Waals surface area contributed by atoms with Gasteiger partial charge in [-0.1, -0.05) is 12.1 Å². The second kappa shape index (κ2) is 11.3. The van der Waals surface area contributed by atoms with Crippen LogP contribution in [0.5, 0.6) is 5.88 Å². The van der Waals surface area contributed by atoms with Crippen molar-refractivity contribution in [3.63, 3.8) is 0 Å². The zero-order valence-corrected chi connectivity index (χ0v) is 24.4. The van der Waals surface area contributed by atoms with Crippen LogP contribution in [0.25, 0.3) is 11.0 Å². The van der Waals surface area contributed by atoms with Gasteiger partial charge in [0.15, 0.2) is 5.78 Å². The first-order valence-corrected chi connectivity index (χ1v) is 15.2. The maximum Gasteiger partial charge on any atom is 0.213 e.